The number of hydrogen-bond acceptors (Lipinski definition) is 6. The average Bonchev–Trinajstić information content (AvgIpc) is 3.09. The van der Waals surface area contributed by atoms with Crippen molar-refractivity contribution in [3.63, 3.8) is 0 Å². The van der Waals surface area contributed by atoms with Crippen LogP contribution >= 0.6 is 11.3 Å². The maximum atomic E-state index is 12.5. The number of thiophene rings is 1. The summed E-state index contributed by atoms with van der Waals surface area (Å²) in [5.74, 6) is 1.23. The zero-order valence-electron chi connectivity index (χ0n) is 15.4. The molecule has 1 atom stereocenters. The van der Waals surface area contributed by atoms with Crippen molar-refractivity contribution < 1.29 is 14.3 Å². The molecule has 1 amide bonds. The standard InChI is InChI=1S/C19H23N3O3S/c1-5-25-16-7-6-14(10-17(16)24-4)12-22(3)13(2)18(23)21-19-15(11-20)8-9-26-19/h6-10,13H,5,12H2,1-4H3,(H,21,23)/t13-/m0/s1. The van der Waals surface area contributed by atoms with Gasteiger partial charge in [-0.05, 0) is 50.0 Å². The fourth-order valence-corrected chi connectivity index (χ4v) is 3.16. The molecule has 0 aliphatic rings. The van der Waals surface area contributed by atoms with Gasteiger partial charge in [0.15, 0.2) is 11.5 Å². The Bertz CT molecular complexity index is 798. The molecular formula is C19H23N3O3S. The van der Waals surface area contributed by atoms with Gasteiger partial charge in [-0.1, -0.05) is 6.07 Å². The maximum absolute atomic E-state index is 12.5. The van der Waals surface area contributed by atoms with E-state index < -0.39 is 0 Å². The van der Waals surface area contributed by atoms with Gasteiger partial charge in [0.05, 0.1) is 25.3 Å². The summed E-state index contributed by atoms with van der Waals surface area (Å²) in [5, 5.41) is 14.2. The molecule has 138 valence electrons. The Morgan fingerprint density at radius 2 is 2.15 bits per heavy atom. The summed E-state index contributed by atoms with van der Waals surface area (Å²) in [6.45, 7) is 4.90. The number of methoxy groups -OCH3 is 1. The van der Waals surface area contributed by atoms with Crippen LogP contribution in [0.3, 0.4) is 0 Å². The Morgan fingerprint density at radius 1 is 1.38 bits per heavy atom. The molecule has 2 rings (SSSR count). The Kier molecular flexibility index (Phi) is 7.01. The van der Waals surface area contributed by atoms with Gasteiger partial charge in [-0.25, -0.2) is 0 Å². The van der Waals surface area contributed by atoms with Crippen LogP contribution in [0.2, 0.25) is 0 Å². The van der Waals surface area contributed by atoms with Crippen molar-refractivity contribution in [3.8, 4) is 17.6 Å². The number of rotatable bonds is 8. The van der Waals surface area contributed by atoms with E-state index in [-0.39, 0.29) is 11.9 Å². The van der Waals surface area contributed by atoms with Crippen LogP contribution in [0.4, 0.5) is 5.00 Å². The second kappa shape index (κ2) is 9.22. The van der Waals surface area contributed by atoms with Crippen LogP contribution in [-0.2, 0) is 11.3 Å². The minimum Gasteiger partial charge on any atom is -0.493 e. The van der Waals surface area contributed by atoms with Crippen LogP contribution in [0.5, 0.6) is 11.5 Å². The average molecular weight is 373 g/mol. The van der Waals surface area contributed by atoms with Gasteiger partial charge >= 0.3 is 0 Å². The number of benzene rings is 1. The zero-order chi connectivity index (χ0) is 19.1. The Labute approximate surface area is 158 Å². The quantitative estimate of drug-likeness (QED) is 0.767. The molecule has 2 aromatic rings. The number of carbonyl (C=O) groups is 1. The van der Waals surface area contributed by atoms with Crippen LogP contribution < -0.4 is 14.8 Å². The lowest BCUT2D eigenvalue weighted by Gasteiger charge is -2.24. The van der Waals surface area contributed by atoms with Crippen molar-refractivity contribution in [1.29, 1.82) is 5.26 Å². The highest BCUT2D eigenvalue weighted by Gasteiger charge is 2.20. The number of carbonyl (C=O) groups excluding carboxylic acids is 1. The van der Waals surface area contributed by atoms with E-state index in [0.29, 0.717) is 35.2 Å². The molecule has 0 aliphatic carbocycles. The van der Waals surface area contributed by atoms with Crippen molar-refractivity contribution >= 4 is 22.2 Å². The van der Waals surface area contributed by atoms with Crippen molar-refractivity contribution in [2.45, 2.75) is 26.4 Å². The van der Waals surface area contributed by atoms with Gasteiger partial charge in [0.25, 0.3) is 0 Å². The second-order valence-corrected chi connectivity index (χ2v) is 6.69. The molecule has 1 aromatic heterocycles. The largest absolute Gasteiger partial charge is 0.493 e. The molecule has 1 heterocycles. The van der Waals surface area contributed by atoms with E-state index in [1.807, 2.05) is 44.0 Å². The molecule has 0 fully saturated rings. The van der Waals surface area contributed by atoms with Gasteiger partial charge in [0.1, 0.15) is 11.1 Å². The summed E-state index contributed by atoms with van der Waals surface area (Å²) in [6.07, 6.45) is 0. The molecule has 0 bridgehead atoms. The van der Waals surface area contributed by atoms with Gasteiger partial charge in [-0.2, -0.15) is 5.26 Å². The van der Waals surface area contributed by atoms with Gasteiger partial charge in [0.2, 0.25) is 5.91 Å². The summed E-state index contributed by atoms with van der Waals surface area (Å²) >= 11 is 1.34. The van der Waals surface area contributed by atoms with Gasteiger partial charge in [0, 0.05) is 6.54 Å². The third-order valence-corrected chi connectivity index (χ3v) is 4.85. The molecule has 26 heavy (non-hydrogen) atoms. The van der Waals surface area contributed by atoms with E-state index in [2.05, 4.69) is 11.4 Å². The van der Waals surface area contributed by atoms with Gasteiger partial charge in [-0.15, -0.1) is 11.3 Å². The summed E-state index contributed by atoms with van der Waals surface area (Å²) in [6, 6.07) is 9.16. The lowest BCUT2D eigenvalue weighted by Crippen LogP contribution is -2.39. The first-order valence-corrected chi connectivity index (χ1v) is 9.16. The second-order valence-electron chi connectivity index (χ2n) is 5.77. The number of nitrogens with zero attached hydrogens (tertiary/aromatic N) is 2. The predicted octanol–water partition coefficient (Wildman–Crippen LogP) is 3.49. The Hall–Kier alpha value is -2.56. The van der Waals surface area contributed by atoms with Crippen LogP contribution in [-0.4, -0.2) is 37.6 Å². The number of nitriles is 1. The molecule has 7 heteroatoms. The Morgan fingerprint density at radius 3 is 2.81 bits per heavy atom. The summed E-state index contributed by atoms with van der Waals surface area (Å²) in [7, 11) is 3.49. The highest BCUT2D eigenvalue weighted by atomic mass is 32.1. The summed E-state index contributed by atoms with van der Waals surface area (Å²) in [5.41, 5.74) is 1.50. The van der Waals surface area contributed by atoms with E-state index in [1.54, 1.807) is 18.6 Å². The highest BCUT2D eigenvalue weighted by Crippen LogP contribution is 2.28. The van der Waals surface area contributed by atoms with Crippen LogP contribution in [0.15, 0.2) is 29.6 Å². The molecule has 0 radical (unpaired) electrons. The minimum atomic E-state index is -0.360. The van der Waals surface area contributed by atoms with E-state index in [0.717, 1.165) is 5.56 Å². The molecule has 0 saturated carbocycles. The molecule has 0 saturated heterocycles. The SMILES string of the molecule is CCOc1ccc(CN(C)[C@@H](C)C(=O)Nc2sccc2C#N)cc1OC. The summed E-state index contributed by atoms with van der Waals surface area (Å²) in [4.78, 5) is 14.4. The van der Waals surface area contributed by atoms with Crippen LogP contribution in [0.25, 0.3) is 0 Å². The normalized spacial score (nSPS) is 11.7. The van der Waals surface area contributed by atoms with E-state index in [9.17, 15) is 4.79 Å². The smallest absolute Gasteiger partial charge is 0.242 e. The van der Waals surface area contributed by atoms with Crippen molar-refractivity contribution in [2.75, 3.05) is 26.1 Å². The van der Waals surface area contributed by atoms with Crippen molar-refractivity contribution in [3.05, 3.63) is 40.8 Å². The number of likely N-dealkylation sites (N-methyl/N-ethyl adjacent to an activating group) is 1. The first-order valence-electron chi connectivity index (χ1n) is 8.28. The molecule has 0 aliphatic heterocycles. The molecule has 0 spiro atoms. The van der Waals surface area contributed by atoms with Crippen molar-refractivity contribution in [1.82, 2.24) is 4.90 Å². The third-order valence-electron chi connectivity index (χ3n) is 4.02. The van der Waals surface area contributed by atoms with E-state index >= 15 is 0 Å². The fourth-order valence-electron chi connectivity index (χ4n) is 2.42. The first-order chi connectivity index (χ1) is 12.5. The molecule has 0 unspecified atom stereocenters. The van der Waals surface area contributed by atoms with Crippen LogP contribution in [0.1, 0.15) is 25.0 Å². The lowest BCUT2D eigenvalue weighted by molar-refractivity contribution is -0.120. The maximum Gasteiger partial charge on any atom is 0.242 e. The lowest BCUT2D eigenvalue weighted by atomic mass is 10.1. The molecule has 1 aromatic carbocycles. The van der Waals surface area contributed by atoms with Crippen molar-refractivity contribution in [2.24, 2.45) is 0 Å². The fraction of sp³-hybridized carbons (Fsp3) is 0.368. The van der Waals surface area contributed by atoms with Crippen LogP contribution in [0, 0.1) is 11.3 Å². The minimum absolute atomic E-state index is 0.149. The number of ether oxygens (including phenoxy) is 2. The molecule has 6 nitrogen and oxygen atoms in total. The van der Waals surface area contributed by atoms with E-state index in [4.69, 9.17) is 14.7 Å². The zero-order valence-corrected chi connectivity index (χ0v) is 16.2. The topological polar surface area (TPSA) is 74.6 Å². The highest BCUT2D eigenvalue weighted by molar-refractivity contribution is 7.14. The number of anilines is 1. The number of amides is 1. The number of hydrogen-bond donors (Lipinski definition) is 1. The molecular weight excluding hydrogens is 350 g/mol. The van der Waals surface area contributed by atoms with Gasteiger partial charge in [-0.3, -0.25) is 9.69 Å². The monoisotopic (exact) mass is 373 g/mol. The summed E-state index contributed by atoms with van der Waals surface area (Å²) < 4.78 is 10.9. The third kappa shape index (κ3) is 4.75. The predicted molar refractivity (Wildman–Crippen MR) is 103 cm³/mol. The molecule has 1 N–H and O–H groups in total. The Balaban J connectivity index is 2.03. The van der Waals surface area contributed by atoms with Gasteiger partial charge < -0.3 is 14.8 Å². The van der Waals surface area contributed by atoms with E-state index in [1.165, 1.54) is 11.3 Å². The number of nitrogens with one attached hydrogen (secondary N) is 1. The first kappa shape index (κ1) is 19.8.